The lowest BCUT2D eigenvalue weighted by atomic mass is 9.99. The highest BCUT2D eigenvalue weighted by Crippen LogP contribution is 2.35. The summed E-state index contributed by atoms with van der Waals surface area (Å²) in [4.78, 5) is 22.7. The van der Waals surface area contributed by atoms with Gasteiger partial charge in [-0.3, -0.25) is 9.80 Å². The van der Waals surface area contributed by atoms with Gasteiger partial charge in [-0.25, -0.2) is 9.78 Å². The van der Waals surface area contributed by atoms with Crippen LogP contribution in [0.3, 0.4) is 0 Å². The van der Waals surface area contributed by atoms with E-state index in [0.717, 1.165) is 49.7 Å². The maximum absolute atomic E-state index is 13.7. The molecule has 1 amide bonds. The van der Waals surface area contributed by atoms with Crippen LogP contribution in [0.2, 0.25) is 0 Å². The Bertz CT molecular complexity index is 1500. The van der Waals surface area contributed by atoms with Gasteiger partial charge in [-0.05, 0) is 55.4 Å². The fraction of sp³-hybridized carbons (Fsp3) is 0.371. The molecular weight excluding hydrogens is 617 g/mol. The van der Waals surface area contributed by atoms with Crippen molar-refractivity contribution in [2.75, 3.05) is 31.2 Å². The highest BCUT2D eigenvalue weighted by Gasteiger charge is 2.36. The predicted molar refractivity (Wildman–Crippen MR) is 180 cm³/mol. The Kier molecular flexibility index (Phi) is 11.3. The summed E-state index contributed by atoms with van der Waals surface area (Å²) in [7, 11) is 0. The number of fused-ring (bicyclic) bond motifs is 1. The molecule has 2 atom stereocenters. The second kappa shape index (κ2) is 15.3. The molecule has 0 radical (unpaired) electrons. The maximum atomic E-state index is 13.7. The van der Waals surface area contributed by atoms with Gasteiger partial charge in [0.2, 0.25) is 3.79 Å². The van der Waals surface area contributed by atoms with Crippen molar-refractivity contribution in [2.45, 2.75) is 49.0 Å². The predicted octanol–water partition coefficient (Wildman–Crippen LogP) is 8.86. The Morgan fingerprint density at radius 3 is 2.32 bits per heavy atom. The topological polar surface area (TPSA) is 54.9 Å². The normalized spacial score (nSPS) is 16.8. The molecule has 3 aromatic carbocycles. The number of para-hydroxylation sites is 1. The average molecular weight is 655 g/mol. The summed E-state index contributed by atoms with van der Waals surface area (Å²) in [5, 5.41) is 0.876. The van der Waals surface area contributed by atoms with Crippen molar-refractivity contribution in [3.8, 4) is 5.75 Å². The van der Waals surface area contributed by atoms with Crippen molar-refractivity contribution in [3.63, 3.8) is 0 Å². The fourth-order valence-electron chi connectivity index (χ4n) is 6.07. The molecule has 5 rings (SSSR count). The van der Waals surface area contributed by atoms with Gasteiger partial charge < -0.3 is 9.47 Å². The van der Waals surface area contributed by atoms with Gasteiger partial charge in [0.1, 0.15) is 18.2 Å². The minimum absolute atomic E-state index is 0.179. The van der Waals surface area contributed by atoms with Crippen LogP contribution in [-0.2, 0) is 17.7 Å². The Morgan fingerprint density at radius 2 is 1.61 bits per heavy atom. The Hall–Kier alpha value is -3.03. The molecule has 232 valence electrons. The smallest absolute Gasteiger partial charge is 0.415 e. The molecule has 1 fully saturated rings. The number of ether oxygens (including phenoxy) is 2. The molecule has 2 unspecified atom stereocenters. The number of carbonyl (C=O) groups is 1. The number of benzene rings is 3. The van der Waals surface area contributed by atoms with E-state index in [-0.39, 0.29) is 18.6 Å². The number of anilines is 1. The summed E-state index contributed by atoms with van der Waals surface area (Å²) < 4.78 is 9.79. The molecule has 1 aromatic heterocycles. The number of carbonyl (C=O) groups excluding carboxylic acids is 1. The monoisotopic (exact) mass is 653 g/mol. The van der Waals surface area contributed by atoms with Crippen LogP contribution in [0.4, 0.5) is 10.6 Å². The number of amides is 1. The van der Waals surface area contributed by atoms with Gasteiger partial charge in [0.15, 0.2) is 0 Å². The number of nitrogens with zero attached hydrogens (tertiary/aromatic N) is 3. The minimum Gasteiger partial charge on any atom is -0.493 e. The zero-order valence-electron chi connectivity index (χ0n) is 24.9. The first-order chi connectivity index (χ1) is 21.3. The molecule has 0 saturated heterocycles. The molecule has 6 nitrogen and oxygen atoms in total. The number of alkyl halides is 3. The van der Waals surface area contributed by atoms with Gasteiger partial charge in [0.05, 0.1) is 12.1 Å². The van der Waals surface area contributed by atoms with E-state index in [1.807, 2.05) is 49.4 Å². The molecule has 0 spiro atoms. The van der Waals surface area contributed by atoms with Gasteiger partial charge in [0.25, 0.3) is 0 Å². The van der Waals surface area contributed by atoms with Crippen LogP contribution in [0.25, 0.3) is 10.9 Å². The molecule has 4 aromatic rings. The maximum Gasteiger partial charge on any atom is 0.415 e. The first-order valence-corrected chi connectivity index (χ1v) is 16.3. The van der Waals surface area contributed by atoms with Crippen molar-refractivity contribution in [1.29, 1.82) is 0 Å². The summed E-state index contributed by atoms with van der Waals surface area (Å²) in [6, 6.07) is 30.9. The van der Waals surface area contributed by atoms with Gasteiger partial charge in [0, 0.05) is 37.1 Å². The number of pyridine rings is 1. The number of halogens is 3. The van der Waals surface area contributed by atoms with Gasteiger partial charge in [-0.2, -0.15) is 0 Å². The van der Waals surface area contributed by atoms with Crippen LogP contribution in [-0.4, -0.2) is 52.1 Å². The summed E-state index contributed by atoms with van der Waals surface area (Å²) in [5.74, 6) is 1.29. The summed E-state index contributed by atoms with van der Waals surface area (Å²) in [5.41, 5.74) is 3.30. The lowest BCUT2D eigenvalue weighted by molar-refractivity contribution is 0.141. The van der Waals surface area contributed by atoms with Gasteiger partial charge in [-0.15, -0.1) is 0 Å². The molecule has 0 bridgehead atoms. The van der Waals surface area contributed by atoms with E-state index >= 15 is 0 Å². The zero-order valence-corrected chi connectivity index (χ0v) is 27.1. The molecule has 1 aliphatic carbocycles. The second-order valence-corrected chi connectivity index (χ2v) is 13.7. The summed E-state index contributed by atoms with van der Waals surface area (Å²) >= 11 is 17.9. The quantitative estimate of drug-likeness (QED) is 0.143. The highest BCUT2D eigenvalue weighted by atomic mass is 35.6. The van der Waals surface area contributed by atoms with E-state index in [0.29, 0.717) is 24.7 Å². The van der Waals surface area contributed by atoms with Crippen LogP contribution in [0.5, 0.6) is 5.75 Å². The van der Waals surface area contributed by atoms with Crippen molar-refractivity contribution in [2.24, 2.45) is 5.92 Å². The Labute approximate surface area is 274 Å². The van der Waals surface area contributed by atoms with Crippen LogP contribution < -0.4 is 9.64 Å². The molecule has 44 heavy (non-hydrogen) atoms. The van der Waals surface area contributed by atoms with Crippen molar-refractivity contribution in [3.05, 3.63) is 102 Å². The first-order valence-electron chi connectivity index (χ1n) is 15.2. The van der Waals surface area contributed by atoms with E-state index in [2.05, 4.69) is 53.4 Å². The van der Waals surface area contributed by atoms with E-state index in [1.165, 1.54) is 11.1 Å². The average Bonchev–Trinajstić information content (AvgIpc) is 3.49. The third kappa shape index (κ3) is 8.79. The molecular formula is C35H38Cl3N3O3. The summed E-state index contributed by atoms with van der Waals surface area (Å²) in [6.07, 6.45) is 3.42. The third-order valence-corrected chi connectivity index (χ3v) is 8.41. The third-order valence-electron chi connectivity index (χ3n) is 8.08. The Balaban J connectivity index is 1.45. The van der Waals surface area contributed by atoms with Crippen molar-refractivity contribution >= 4 is 57.6 Å². The number of hydrogen-bond acceptors (Lipinski definition) is 5. The highest BCUT2D eigenvalue weighted by molar-refractivity contribution is 6.67. The molecule has 0 aliphatic heterocycles. The first kappa shape index (κ1) is 32.4. The lowest BCUT2D eigenvalue weighted by Crippen LogP contribution is -2.45. The van der Waals surface area contributed by atoms with E-state index in [1.54, 1.807) is 4.90 Å². The molecule has 1 saturated carbocycles. The van der Waals surface area contributed by atoms with E-state index in [4.69, 9.17) is 49.3 Å². The Morgan fingerprint density at radius 1 is 0.932 bits per heavy atom. The lowest BCUT2D eigenvalue weighted by Gasteiger charge is -2.35. The summed E-state index contributed by atoms with van der Waals surface area (Å²) in [6.45, 7) is 4.18. The number of rotatable bonds is 12. The van der Waals surface area contributed by atoms with Crippen LogP contribution >= 0.6 is 34.8 Å². The number of aromatic nitrogens is 1. The van der Waals surface area contributed by atoms with Crippen LogP contribution in [0.15, 0.2) is 91.0 Å². The molecule has 0 N–H and O–H groups in total. The van der Waals surface area contributed by atoms with Crippen LogP contribution in [0.1, 0.15) is 37.3 Å². The zero-order chi connectivity index (χ0) is 30.9. The van der Waals surface area contributed by atoms with E-state index < -0.39 is 9.89 Å². The SMILES string of the molecule is CCOc1cc(N(CC2CCCC2N(CCc2ccccc2)Cc2ccccc2)C(=O)OCC(Cl)(Cl)Cl)nc2ccccc12. The van der Waals surface area contributed by atoms with Crippen molar-refractivity contribution < 1.29 is 14.3 Å². The van der Waals surface area contributed by atoms with Crippen molar-refractivity contribution in [1.82, 2.24) is 9.88 Å². The molecule has 1 heterocycles. The number of hydrogen-bond donors (Lipinski definition) is 0. The second-order valence-electron chi connectivity index (χ2n) is 11.2. The standard InChI is InChI=1S/C35H38Cl3N3O3/c1-2-43-32-22-33(39-30-18-10-9-17-29(30)32)41(34(42)44-25-35(36,37)38)24-28-16-11-19-31(28)40(23-27-14-7-4-8-15-27)21-20-26-12-5-3-6-13-26/h3-10,12-15,17-18,22,28,31H,2,11,16,19-21,23-25H2,1H3. The fourth-order valence-corrected chi connectivity index (χ4v) is 6.23. The largest absolute Gasteiger partial charge is 0.493 e. The van der Waals surface area contributed by atoms with Gasteiger partial charge in [-0.1, -0.05) is 114 Å². The van der Waals surface area contributed by atoms with Crippen LogP contribution in [0, 0.1) is 5.92 Å². The molecule has 1 aliphatic rings. The van der Waals surface area contributed by atoms with Gasteiger partial charge >= 0.3 is 6.09 Å². The van der Waals surface area contributed by atoms with E-state index in [9.17, 15) is 4.79 Å². The molecule has 9 heteroatoms. The minimum atomic E-state index is -1.73.